The van der Waals surface area contributed by atoms with Crippen molar-refractivity contribution in [2.45, 2.75) is 20.4 Å². The number of carbonyl (C=O) groups excluding carboxylic acids is 1. The van der Waals surface area contributed by atoms with Gasteiger partial charge in [-0.25, -0.2) is 9.97 Å². The van der Waals surface area contributed by atoms with Crippen molar-refractivity contribution in [1.82, 2.24) is 24.6 Å². The smallest absolute Gasteiger partial charge is 0.254 e. The Labute approximate surface area is 158 Å². The monoisotopic (exact) mass is 364 g/mol. The molecule has 7 heteroatoms. The van der Waals surface area contributed by atoms with Gasteiger partial charge < -0.3 is 10.6 Å². The summed E-state index contributed by atoms with van der Waals surface area (Å²) in [6, 6.07) is 7.48. The van der Waals surface area contributed by atoms with E-state index in [2.05, 4.69) is 28.9 Å². The summed E-state index contributed by atoms with van der Waals surface area (Å²) in [7, 11) is 1.87. The Morgan fingerprint density at radius 3 is 2.33 bits per heavy atom. The third-order valence-electron chi connectivity index (χ3n) is 4.14. The van der Waals surface area contributed by atoms with E-state index in [4.69, 9.17) is 5.73 Å². The maximum absolute atomic E-state index is 13.0. The average Bonchev–Trinajstić information content (AvgIpc) is 3.06. The molecule has 2 heterocycles. The second-order valence-electron chi connectivity index (χ2n) is 7.01. The zero-order chi connectivity index (χ0) is 19.4. The number of aromatic nitrogens is 4. The highest BCUT2D eigenvalue weighted by molar-refractivity contribution is 5.94. The van der Waals surface area contributed by atoms with Crippen molar-refractivity contribution in [1.29, 1.82) is 0 Å². The number of nitrogens with zero attached hydrogens (tertiary/aromatic N) is 5. The number of anilines is 1. The van der Waals surface area contributed by atoms with Gasteiger partial charge >= 0.3 is 0 Å². The maximum Gasteiger partial charge on any atom is 0.254 e. The molecular weight excluding hydrogens is 340 g/mol. The summed E-state index contributed by atoms with van der Waals surface area (Å²) in [6.07, 6.45) is 7.08. The Kier molecular flexibility index (Phi) is 5.49. The Hall–Kier alpha value is -3.22. The molecule has 0 radical (unpaired) electrons. The van der Waals surface area contributed by atoms with Gasteiger partial charge in [0.1, 0.15) is 0 Å². The number of rotatable bonds is 6. The quantitative estimate of drug-likeness (QED) is 0.726. The first-order valence-electron chi connectivity index (χ1n) is 8.87. The number of hydrogen-bond donors (Lipinski definition) is 1. The molecule has 1 amide bonds. The number of hydrogen-bond acceptors (Lipinski definition) is 5. The van der Waals surface area contributed by atoms with Gasteiger partial charge in [-0.1, -0.05) is 26.0 Å². The first-order chi connectivity index (χ1) is 12.9. The predicted molar refractivity (Wildman–Crippen MR) is 105 cm³/mol. The van der Waals surface area contributed by atoms with Crippen LogP contribution >= 0.6 is 0 Å². The minimum atomic E-state index is 0.00709. The number of aryl methyl sites for hydroxylation is 1. The number of nitrogens with two attached hydrogens (primary N) is 1. The zero-order valence-electron chi connectivity index (χ0n) is 15.8. The van der Waals surface area contributed by atoms with Gasteiger partial charge in [0, 0.05) is 55.4 Å². The highest BCUT2D eigenvalue weighted by Crippen LogP contribution is 2.20. The first-order valence-corrected chi connectivity index (χ1v) is 8.87. The second kappa shape index (κ2) is 7.99. The van der Waals surface area contributed by atoms with Gasteiger partial charge in [0.2, 0.25) is 5.95 Å². The number of amides is 1. The summed E-state index contributed by atoms with van der Waals surface area (Å²) in [4.78, 5) is 22.9. The van der Waals surface area contributed by atoms with E-state index in [1.165, 1.54) is 0 Å². The SMILES string of the molecule is CC(C)CN(Cc1cnn(C)c1)C(=O)c1ccc(-c2cnc(N)nc2)cc1. The fraction of sp³-hybridized carbons (Fsp3) is 0.300. The van der Waals surface area contributed by atoms with E-state index in [0.29, 0.717) is 24.6 Å². The molecule has 2 N–H and O–H groups in total. The lowest BCUT2D eigenvalue weighted by atomic mass is 10.1. The summed E-state index contributed by atoms with van der Waals surface area (Å²) < 4.78 is 1.75. The average molecular weight is 364 g/mol. The molecule has 0 aliphatic heterocycles. The van der Waals surface area contributed by atoms with Crippen LogP contribution < -0.4 is 5.73 Å². The van der Waals surface area contributed by atoms with Crippen LogP contribution in [-0.2, 0) is 13.6 Å². The van der Waals surface area contributed by atoms with Gasteiger partial charge in [-0.3, -0.25) is 9.48 Å². The van der Waals surface area contributed by atoms with Crippen LogP contribution in [0.5, 0.6) is 0 Å². The highest BCUT2D eigenvalue weighted by atomic mass is 16.2. The summed E-state index contributed by atoms with van der Waals surface area (Å²) >= 11 is 0. The Balaban J connectivity index is 1.79. The predicted octanol–water partition coefficient (Wildman–Crippen LogP) is 2.76. The number of carbonyl (C=O) groups is 1. The Bertz CT molecular complexity index is 899. The van der Waals surface area contributed by atoms with Gasteiger partial charge in [0.25, 0.3) is 5.91 Å². The molecule has 0 saturated carbocycles. The highest BCUT2D eigenvalue weighted by Gasteiger charge is 2.18. The lowest BCUT2D eigenvalue weighted by Gasteiger charge is -2.24. The van der Waals surface area contributed by atoms with Gasteiger partial charge in [0.05, 0.1) is 6.20 Å². The zero-order valence-corrected chi connectivity index (χ0v) is 15.8. The lowest BCUT2D eigenvalue weighted by molar-refractivity contribution is 0.0722. The molecule has 0 aliphatic rings. The molecule has 140 valence electrons. The van der Waals surface area contributed by atoms with Gasteiger partial charge in [-0.2, -0.15) is 5.10 Å². The molecule has 0 fully saturated rings. The van der Waals surface area contributed by atoms with Crippen LogP contribution in [0.15, 0.2) is 49.1 Å². The first kappa shape index (κ1) is 18.6. The molecule has 3 aromatic rings. The summed E-state index contributed by atoms with van der Waals surface area (Å²) in [6.45, 7) is 5.43. The summed E-state index contributed by atoms with van der Waals surface area (Å²) in [5.74, 6) is 0.620. The molecule has 0 atom stereocenters. The van der Waals surface area contributed by atoms with Crippen molar-refractivity contribution in [2.24, 2.45) is 13.0 Å². The van der Waals surface area contributed by atoms with Crippen molar-refractivity contribution >= 4 is 11.9 Å². The van der Waals surface area contributed by atoms with Crippen molar-refractivity contribution in [3.63, 3.8) is 0 Å². The number of nitrogen functional groups attached to an aromatic ring is 1. The summed E-state index contributed by atoms with van der Waals surface area (Å²) in [5.41, 5.74) is 8.99. The topological polar surface area (TPSA) is 89.9 Å². The molecule has 27 heavy (non-hydrogen) atoms. The van der Waals surface area contributed by atoms with Crippen molar-refractivity contribution < 1.29 is 4.79 Å². The lowest BCUT2D eigenvalue weighted by Crippen LogP contribution is -2.33. The molecule has 3 rings (SSSR count). The third kappa shape index (κ3) is 4.69. The number of benzene rings is 1. The largest absolute Gasteiger partial charge is 0.368 e. The summed E-state index contributed by atoms with van der Waals surface area (Å²) in [5, 5.41) is 4.19. The molecule has 1 aromatic carbocycles. The van der Waals surface area contributed by atoms with Crippen LogP contribution in [0, 0.1) is 5.92 Å². The van der Waals surface area contributed by atoms with Gasteiger partial charge in [-0.05, 0) is 23.6 Å². The Morgan fingerprint density at radius 1 is 1.11 bits per heavy atom. The molecule has 0 unspecified atom stereocenters. The maximum atomic E-state index is 13.0. The van der Waals surface area contributed by atoms with Crippen molar-refractivity contribution in [3.8, 4) is 11.1 Å². The van der Waals surface area contributed by atoms with Crippen molar-refractivity contribution in [3.05, 3.63) is 60.2 Å². The van der Waals surface area contributed by atoms with Crippen molar-refractivity contribution in [2.75, 3.05) is 12.3 Å². The normalized spacial score (nSPS) is 11.0. The third-order valence-corrected chi connectivity index (χ3v) is 4.14. The Morgan fingerprint density at radius 2 is 1.78 bits per heavy atom. The van der Waals surface area contributed by atoms with Crippen LogP contribution in [0.25, 0.3) is 11.1 Å². The fourth-order valence-electron chi connectivity index (χ4n) is 2.91. The van der Waals surface area contributed by atoms with Crippen LogP contribution in [0.1, 0.15) is 29.8 Å². The molecule has 0 bridgehead atoms. The van der Waals surface area contributed by atoms with Crippen LogP contribution in [-0.4, -0.2) is 37.1 Å². The van der Waals surface area contributed by atoms with Gasteiger partial charge in [0.15, 0.2) is 0 Å². The van der Waals surface area contributed by atoms with E-state index in [9.17, 15) is 4.79 Å². The van der Waals surface area contributed by atoms with E-state index in [-0.39, 0.29) is 11.9 Å². The molecule has 2 aromatic heterocycles. The molecule has 7 nitrogen and oxygen atoms in total. The molecular formula is C20H24N6O. The second-order valence-corrected chi connectivity index (χ2v) is 7.01. The van der Waals surface area contributed by atoms with Gasteiger partial charge in [-0.15, -0.1) is 0 Å². The molecule has 0 spiro atoms. The van der Waals surface area contributed by atoms with E-state index < -0.39 is 0 Å². The van der Waals surface area contributed by atoms with Crippen LogP contribution in [0.2, 0.25) is 0 Å². The van der Waals surface area contributed by atoms with Crippen LogP contribution in [0.3, 0.4) is 0 Å². The standard InChI is InChI=1S/C20H24N6O/c1-14(2)11-26(13-15-8-24-25(3)12-15)19(27)17-6-4-16(5-7-17)18-9-22-20(21)23-10-18/h4-10,12,14H,11,13H2,1-3H3,(H2,21,22,23). The van der Waals surface area contributed by atoms with E-state index >= 15 is 0 Å². The van der Waals surface area contributed by atoms with E-state index in [1.54, 1.807) is 23.3 Å². The van der Waals surface area contributed by atoms with E-state index in [1.807, 2.05) is 42.4 Å². The van der Waals surface area contributed by atoms with Crippen LogP contribution in [0.4, 0.5) is 5.95 Å². The minimum absolute atomic E-state index is 0.00709. The fourth-order valence-corrected chi connectivity index (χ4v) is 2.91. The molecule has 0 saturated heterocycles. The molecule has 0 aliphatic carbocycles. The minimum Gasteiger partial charge on any atom is -0.368 e. The van der Waals surface area contributed by atoms with E-state index in [0.717, 1.165) is 16.7 Å².